The lowest BCUT2D eigenvalue weighted by atomic mass is 9.78. The number of hydrogen-bond acceptors (Lipinski definition) is 8. The number of carbonyl (C=O) groups excluding carboxylic acids is 2. The van der Waals surface area contributed by atoms with Crippen molar-refractivity contribution in [1.29, 1.82) is 0 Å². The minimum atomic E-state index is -5.19. The number of aromatic nitrogens is 2. The molecule has 3 N–H and O–H groups in total. The molecule has 0 aliphatic heterocycles. The predicted octanol–water partition coefficient (Wildman–Crippen LogP) is 5.22. The third-order valence-electron chi connectivity index (χ3n) is 7.44. The molecule has 1 fully saturated rings. The fraction of sp³-hybridized carbons (Fsp3) is 0.607. The van der Waals surface area contributed by atoms with Crippen LogP contribution in [0.1, 0.15) is 69.4 Å². The van der Waals surface area contributed by atoms with Crippen LogP contribution in [0.4, 0.5) is 35.1 Å². The molecule has 1 heterocycles. The van der Waals surface area contributed by atoms with Gasteiger partial charge in [0.05, 0.1) is 16.1 Å². The number of nitrogens with one attached hydrogen (secondary N) is 1. The zero-order chi connectivity index (χ0) is 37.3. The Kier molecular flexibility index (Phi) is 15.5. The Bertz CT molecular complexity index is 1440. The highest BCUT2D eigenvalue weighted by atomic mass is 35.5. The number of carboxylic acids is 1. The summed E-state index contributed by atoms with van der Waals surface area (Å²) in [6, 6.07) is 3.89. The van der Waals surface area contributed by atoms with Crippen LogP contribution in [0.25, 0.3) is 11.3 Å². The smallest absolute Gasteiger partial charge is 0.430 e. The molecule has 3 rings (SSSR count). The van der Waals surface area contributed by atoms with E-state index < -0.39 is 59.8 Å². The molecule has 1 aliphatic carbocycles. The van der Waals surface area contributed by atoms with Crippen LogP contribution in [0.2, 0.25) is 5.02 Å². The number of aryl methyl sites for hydroxylation is 1. The molecule has 2 aromatic rings. The van der Waals surface area contributed by atoms with Gasteiger partial charge >= 0.3 is 30.5 Å². The average Bonchev–Trinajstić information content (AvgIpc) is 3.29. The van der Waals surface area contributed by atoms with Gasteiger partial charge in [-0.2, -0.15) is 48.6 Å². The molecule has 48 heavy (non-hydrogen) atoms. The quantitative estimate of drug-likeness (QED) is 0.332. The summed E-state index contributed by atoms with van der Waals surface area (Å²) >= 11 is 5.81. The fourth-order valence-electron chi connectivity index (χ4n) is 4.60. The van der Waals surface area contributed by atoms with Crippen molar-refractivity contribution in [2.75, 3.05) is 6.54 Å². The van der Waals surface area contributed by atoms with E-state index in [0.29, 0.717) is 5.92 Å². The van der Waals surface area contributed by atoms with Gasteiger partial charge in [-0.3, -0.25) is 9.48 Å². The maximum absolute atomic E-state index is 13.4. The van der Waals surface area contributed by atoms with E-state index in [1.54, 1.807) is 6.92 Å². The van der Waals surface area contributed by atoms with Crippen molar-refractivity contribution in [2.45, 2.75) is 90.8 Å². The highest BCUT2D eigenvalue weighted by molar-refractivity contribution is 7.51. The predicted molar refractivity (Wildman–Crippen MR) is 155 cm³/mol. The summed E-state index contributed by atoms with van der Waals surface area (Å²) in [5.74, 6) is -3.36. The molecule has 1 aromatic carbocycles. The van der Waals surface area contributed by atoms with Gasteiger partial charge in [0.1, 0.15) is 11.7 Å². The first-order valence-corrected chi connectivity index (χ1v) is 15.2. The summed E-state index contributed by atoms with van der Waals surface area (Å²) in [6.45, 7) is 3.17. The second kappa shape index (κ2) is 17.4. The third-order valence-corrected chi connectivity index (χ3v) is 7.80. The van der Waals surface area contributed by atoms with Crippen molar-refractivity contribution < 1.29 is 63.0 Å². The summed E-state index contributed by atoms with van der Waals surface area (Å²) in [4.78, 5) is 21.8. The lowest BCUT2D eigenvalue weighted by Crippen LogP contribution is -2.52. The van der Waals surface area contributed by atoms with Gasteiger partial charge < -0.3 is 25.7 Å². The van der Waals surface area contributed by atoms with Gasteiger partial charge in [0.25, 0.3) is 5.91 Å². The number of alkyl halides is 8. The number of rotatable bonds is 9. The minimum absolute atomic E-state index is 0.0776. The van der Waals surface area contributed by atoms with Gasteiger partial charge in [-0.15, -0.1) is 0 Å². The molecular formula is C28H34ClF8N4O6S-. The number of carboxylic acid groups (broad SMARTS) is 1. The molecule has 0 atom stereocenters. The van der Waals surface area contributed by atoms with Gasteiger partial charge in [-0.25, -0.2) is 0 Å². The van der Waals surface area contributed by atoms with E-state index >= 15 is 0 Å². The molecule has 272 valence electrons. The van der Waals surface area contributed by atoms with E-state index in [0.717, 1.165) is 45.6 Å². The van der Waals surface area contributed by atoms with Crippen LogP contribution >= 0.6 is 11.6 Å². The Morgan fingerprint density at radius 3 is 2.12 bits per heavy atom. The van der Waals surface area contributed by atoms with Crippen molar-refractivity contribution in [3.8, 4) is 17.0 Å². The van der Waals surface area contributed by atoms with Crippen LogP contribution in [0.15, 0.2) is 18.2 Å². The van der Waals surface area contributed by atoms with E-state index in [4.69, 9.17) is 35.7 Å². The Morgan fingerprint density at radius 1 is 1.17 bits per heavy atom. The highest BCUT2D eigenvalue weighted by Gasteiger charge is 2.47. The van der Waals surface area contributed by atoms with Crippen LogP contribution in [0.5, 0.6) is 5.75 Å². The van der Waals surface area contributed by atoms with Crippen LogP contribution in [0.3, 0.4) is 0 Å². The number of benzene rings is 1. The lowest BCUT2D eigenvalue weighted by Gasteiger charge is -2.36. The molecule has 0 saturated heterocycles. The number of nitrogens with zero attached hydrogens (tertiary/aromatic N) is 2. The molecule has 0 bridgehead atoms. The third kappa shape index (κ3) is 12.3. The largest absolute Gasteiger partial charge is 0.542 e. The van der Waals surface area contributed by atoms with Crippen LogP contribution in [-0.4, -0.2) is 61.1 Å². The number of halogens is 9. The zero-order valence-corrected chi connectivity index (χ0v) is 27.6. The standard InChI is InChI=1S/C26H34ClF5N4O2.C2HF3O2.O2S/c1-5-36-21(19(27)20(35-36)22(37)34-14-25(33)10-8-15(2)9-11-25)17-7-6-16(12-18(17)38-23(28)29)13-24(3,4)26(30,31)32;3-2(4,5)1(6)7;1-3-2/h6-7,12,15,23H,5,8-11,13-14,33H2,1-4H3,(H,34,37);(H,6,7);/p-1. The number of aliphatic carboxylic acids is 1. The van der Waals surface area contributed by atoms with Crippen LogP contribution < -0.4 is 20.9 Å². The number of nitrogens with two attached hydrogens (primary N) is 1. The van der Waals surface area contributed by atoms with E-state index in [1.165, 1.54) is 16.8 Å². The Hall–Kier alpha value is -3.32. The number of hydrogen-bond donors (Lipinski definition) is 2. The first kappa shape index (κ1) is 42.7. The van der Waals surface area contributed by atoms with Crippen molar-refractivity contribution >= 4 is 35.0 Å². The lowest BCUT2D eigenvalue weighted by molar-refractivity contribution is -0.344. The topological polar surface area (TPSA) is 156 Å². The molecule has 0 unspecified atom stereocenters. The van der Waals surface area contributed by atoms with Gasteiger partial charge in [-0.1, -0.05) is 38.4 Å². The van der Waals surface area contributed by atoms with Crippen molar-refractivity contribution in [3.63, 3.8) is 0 Å². The van der Waals surface area contributed by atoms with Gasteiger partial charge in [0.15, 0.2) is 5.69 Å². The van der Waals surface area contributed by atoms with Gasteiger partial charge in [0.2, 0.25) is 0 Å². The molecule has 1 aromatic heterocycles. The van der Waals surface area contributed by atoms with E-state index in [1.807, 2.05) is 0 Å². The summed E-state index contributed by atoms with van der Waals surface area (Å²) in [5, 5.41) is 15.8. The highest BCUT2D eigenvalue weighted by Crippen LogP contribution is 2.43. The summed E-state index contributed by atoms with van der Waals surface area (Å²) < 4.78 is 121. The van der Waals surface area contributed by atoms with E-state index in [2.05, 4.69) is 22.1 Å². The number of amides is 1. The number of carbonyl (C=O) groups is 2. The maximum Gasteiger partial charge on any atom is 0.430 e. The van der Waals surface area contributed by atoms with Gasteiger partial charge in [-0.05, 0) is 62.6 Å². The Labute approximate surface area is 278 Å². The molecule has 0 radical (unpaired) electrons. The molecule has 20 heteroatoms. The molecule has 10 nitrogen and oxygen atoms in total. The zero-order valence-electron chi connectivity index (χ0n) is 26.1. The normalized spacial score (nSPS) is 18.2. The second-order valence-corrected chi connectivity index (χ2v) is 12.2. The van der Waals surface area contributed by atoms with Crippen molar-refractivity contribution in [3.05, 3.63) is 34.5 Å². The van der Waals surface area contributed by atoms with Crippen LogP contribution in [0, 0.1) is 11.3 Å². The Balaban J connectivity index is 0.00000101. The summed E-state index contributed by atoms with van der Waals surface area (Å²) in [5.41, 5.74) is 4.09. The summed E-state index contributed by atoms with van der Waals surface area (Å²) in [7, 11) is 0. The number of ether oxygens (including phenoxy) is 1. The van der Waals surface area contributed by atoms with Crippen molar-refractivity contribution in [1.82, 2.24) is 15.1 Å². The second-order valence-electron chi connectivity index (χ2n) is 11.7. The Morgan fingerprint density at radius 2 is 1.69 bits per heavy atom. The first-order chi connectivity index (χ1) is 21.9. The molecule has 1 amide bonds. The van der Waals surface area contributed by atoms with Gasteiger partial charge in [0, 0.05) is 24.2 Å². The molecule has 1 aliphatic rings. The van der Waals surface area contributed by atoms with E-state index in [9.17, 15) is 39.9 Å². The van der Waals surface area contributed by atoms with Crippen LogP contribution in [-0.2, 0) is 29.3 Å². The average molecular weight is 742 g/mol. The summed E-state index contributed by atoms with van der Waals surface area (Å²) in [6.07, 6.45) is -6.69. The SMILES string of the molecule is CCn1nc(C(=O)NCC2(N)CCC(C)CC2)c(Cl)c1-c1ccc(CC(C)(C)C(F)(F)F)cc1OC(F)F.O=C([O-])C(F)(F)F.O=S=O. The fourth-order valence-corrected chi connectivity index (χ4v) is 4.92. The van der Waals surface area contributed by atoms with Crippen molar-refractivity contribution in [2.24, 2.45) is 17.1 Å². The molecular weight excluding hydrogens is 708 g/mol. The monoisotopic (exact) mass is 741 g/mol. The first-order valence-electron chi connectivity index (χ1n) is 14.1. The maximum atomic E-state index is 13.4. The minimum Gasteiger partial charge on any atom is -0.542 e. The molecule has 0 spiro atoms. The molecule has 1 saturated carbocycles. The van der Waals surface area contributed by atoms with E-state index in [-0.39, 0.29) is 46.4 Å².